The van der Waals surface area contributed by atoms with Gasteiger partial charge in [0.1, 0.15) is 0 Å². The molecule has 16 heavy (non-hydrogen) atoms. The SMILES string of the molecule is COCCC1C[C@@H](N)[C@H](c2ccccc2)C1. The van der Waals surface area contributed by atoms with E-state index in [0.717, 1.165) is 25.4 Å². The molecule has 1 unspecified atom stereocenters. The minimum absolute atomic E-state index is 0.323. The van der Waals surface area contributed by atoms with Crippen molar-refractivity contribution >= 4 is 0 Å². The Bertz CT molecular complexity index is 312. The number of hydrogen-bond donors (Lipinski definition) is 1. The monoisotopic (exact) mass is 219 g/mol. The van der Waals surface area contributed by atoms with E-state index in [1.165, 1.54) is 12.0 Å². The third-order valence-corrected chi connectivity index (χ3v) is 3.67. The van der Waals surface area contributed by atoms with Gasteiger partial charge in [-0.05, 0) is 36.7 Å². The molecule has 0 aliphatic heterocycles. The fourth-order valence-electron chi connectivity index (χ4n) is 2.78. The van der Waals surface area contributed by atoms with Crippen molar-refractivity contribution in [2.24, 2.45) is 11.7 Å². The number of benzene rings is 1. The van der Waals surface area contributed by atoms with Crippen LogP contribution in [-0.2, 0) is 4.74 Å². The average Bonchev–Trinajstić information content (AvgIpc) is 2.69. The number of methoxy groups -OCH3 is 1. The van der Waals surface area contributed by atoms with Gasteiger partial charge in [0.05, 0.1) is 0 Å². The molecule has 0 saturated heterocycles. The van der Waals surface area contributed by atoms with Crippen LogP contribution >= 0.6 is 0 Å². The average molecular weight is 219 g/mol. The fourth-order valence-corrected chi connectivity index (χ4v) is 2.78. The normalized spacial score (nSPS) is 29.5. The molecule has 1 aromatic rings. The minimum atomic E-state index is 0.323. The Hall–Kier alpha value is -0.860. The molecule has 0 radical (unpaired) electrons. The molecule has 0 heterocycles. The highest BCUT2D eigenvalue weighted by molar-refractivity contribution is 5.22. The van der Waals surface area contributed by atoms with E-state index in [-0.39, 0.29) is 0 Å². The van der Waals surface area contributed by atoms with E-state index in [1.54, 1.807) is 7.11 Å². The maximum atomic E-state index is 6.23. The van der Waals surface area contributed by atoms with Crippen molar-refractivity contribution in [2.75, 3.05) is 13.7 Å². The van der Waals surface area contributed by atoms with Gasteiger partial charge in [-0.3, -0.25) is 0 Å². The van der Waals surface area contributed by atoms with Crippen molar-refractivity contribution < 1.29 is 4.74 Å². The smallest absolute Gasteiger partial charge is 0.0464 e. The molecule has 2 N–H and O–H groups in total. The van der Waals surface area contributed by atoms with Crippen LogP contribution in [0.1, 0.15) is 30.7 Å². The molecule has 0 spiro atoms. The van der Waals surface area contributed by atoms with Crippen molar-refractivity contribution in [3.63, 3.8) is 0 Å². The summed E-state index contributed by atoms with van der Waals surface area (Å²) in [5.74, 6) is 1.28. The second-order valence-electron chi connectivity index (χ2n) is 4.80. The van der Waals surface area contributed by atoms with Gasteiger partial charge in [0, 0.05) is 19.8 Å². The Balaban J connectivity index is 1.97. The molecule has 0 amide bonds. The summed E-state index contributed by atoms with van der Waals surface area (Å²) >= 11 is 0. The summed E-state index contributed by atoms with van der Waals surface area (Å²) in [5, 5.41) is 0. The molecule has 1 fully saturated rings. The second kappa shape index (κ2) is 5.46. The summed E-state index contributed by atoms with van der Waals surface area (Å²) in [7, 11) is 1.77. The lowest BCUT2D eigenvalue weighted by Gasteiger charge is -2.15. The summed E-state index contributed by atoms with van der Waals surface area (Å²) in [5.41, 5.74) is 7.63. The van der Waals surface area contributed by atoms with E-state index < -0.39 is 0 Å². The summed E-state index contributed by atoms with van der Waals surface area (Å²) < 4.78 is 5.14. The van der Waals surface area contributed by atoms with E-state index in [0.29, 0.717) is 12.0 Å². The minimum Gasteiger partial charge on any atom is -0.385 e. The summed E-state index contributed by atoms with van der Waals surface area (Å²) in [4.78, 5) is 0. The van der Waals surface area contributed by atoms with E-state index in [9.17, 15) is 0 Å². The van der Waals surface area contributed by atoms with Crippen LogP contribution in [0.2, 0.25) is 0 Å². The molecule has 3 atom stereocenters. The van der Waals surface area contributed by atoms with E-state index in [2.05, 4.69) is 30.3 Å². The van der Waals surface area contributed by atoms with Gasteiger partial charge in [0.15, 0.2) is 0 Å². The zero-order valence-corrected chi connectivity index (χ0v) is 9.93. The first-order chi connectivity index (χ1) is 7.81. The Morgan fingerprint density at radius 1 is 1.25 bits per heavy atom. The molecule has 2 rings (SSSR count). The fraction of sp³-hybridized carbons (Fsp3) is 0.571. The van der Waals surface area contributed by atoms with Crippen molar-refractivity contribution in [2.45, 2.75) is 31.2 Å². The lowest BCUT2D eigenvalue weighted by Crippen LogP contribution is -2.22. The maximum absolute atomic E-state index is 6.23. The molecular formula is C14H21NO. The summed E-state index contributed by atoms with van der Waals surface area (Å²) in [6.07, 6.45) is 3.50. The topological polar surface area (TPSA) is 35.2 Å². The Morgan fingerprint density at radius 3 is 2.69 bits per heavy atom. The number of hydrogen-bond acceptors (Lipinski definition) is 2. The molecule has 1 aliphatic carbocycles. The van der Waals surface area contributed by atoms with Crippen LogP contribution in [0.5, 0.6) is 0 Å². The van der Waals surface area contributed by atoms with Gasteiger partial charge in [-0.15, -0.1) is 0 Å². The third kappa shape index (κ3) is 2.63. The second-order valence-corrected chi connectivity index (χ2v) is 4.80. The van der Waals surface area contributed by atoms with Crippen molar-refractivity contribution in [1.82, 2.24) is 0 Å². The van der Waals surface area contributed by atoms with Crippen LogP contribution in [-0.4, -0.2) is 19.8 Å². The third-order valence-electron chi connectivity index (χ3n) is 3.67. The van der Waals surface area contributed by atoms with Gasteiger partial charge >= 0.3 is 0 Å². The van der Waals surface area contributed by atoms with Crippen LogP contribution in [0.4, 0.5) is 0 Å². The zero-order chi connectivity index (χ0) is 11.4. The molecule has 0 bridgehead atoms. The number of nitrogens with two attached hydrogens (primary N) is 1. The lowest BCUT2D eigenvalue weighted by atomic mass is 9.94. The predicted molar refractivity (Wildman–Crippen MR) is 66.4 cm³/mol. The molecule has 1 aliphatic rings. The molecule has 88 valence electrons. The summed E-state index contributed by atoms with van der Waals surface area (Å²) in [6, 6.07) is 11.0. The molecule has 1 saturated carbocycles. The van der Waals surface area contributed by atoms with Gasteiger partial charge in [0.2, 0.25) is 0 Å². The predicted octanol–water partition coefficient (Wildman–Crippen LogP) is 2.54. The van der Waals surface area contributed by atoms with Crippen LogP contribution in [0.25, 0.3) is 0 Å². The Labute approximate surface area is 97.8 Å². The highest BCUT2D eigenvalue weighted by atomic mass is 16.5. The van der Waals surface area contributed by atoms with Crippen LogP contribution in [0, 0.1) is 5.92 Å². The lowest BCUT2D eigenvalue weighted by molar-refractivity contribution is 0.177. The van der Waals surface area contributed by atoms with Gasteiger partial charge in [-0.1, -0.05) is 30.3 Å². The largest absolute Gasteiger partial charge is 0.385 e. The van der Waals surface area contributed by atoms with Crippen molar-refractivity contribution in [3.8, 4) is 0 Å². The molecule has 2 nitrogen and oxygen atoms in total. The maximum Gasteiger partial charge on any atom is 0.0464 e. The Kier molecular flexibility index (Phi) is 3.97. The number of rotatable bonds is 4. The van der Waals surface area contributed by atoms with E-state index >= 15 is 0 Å². The zero-order valence-electron chi connectivity index (χ0n) is 9.93. The van der Waals surface area contributed by atoms with Gasteiger partial charge in [-0.25, -0.2) is 0 Å². The molecule has 2 heteroatoms. The van der Waals surface area contributed by atoms with E-state index in [1.807, 2.05) is 0 Å². The quantitative estimate of drug-likeness (QED) is 0.844. The summed E-state index contributed by atoms with van der Waals surface area (Å²) in [6.45, 7) is 0.860. The Morgan fingerprint density at radius 2 is 2.00 bits per heavy atom. The van der Waals surface area contributed by atoms with Gasteiger partial charge < -0.3 is 10.5 Å². The first-order valence-corrected chi connectivity index (χ1v) is 6.10. The molecule has 0 aromatic heterocycles. The van der Waals surface area contributed by atoms with Gasteiger partial charge in [0.25, 0.3) is 0 Å². The molecular weight excluding hydrogens is 198 g/mol. The van der Waals surface area contributed by atoms with Crippen LogP contribution in [0.15, 0.2) is 30.3 Å². The molecule has 1 aromatic carbocycles. The van der Waals surface area contributed by atoms with Crippen LogP contribution < -0.4 is 5.73 Å². The first kappa shape index (κ1) is 11.6. The van der Waals surface area contributed by atoms with Gasteiger partial charge in [-0.2, -0.15) is 0 Å². The van der Waals surface area contributed by atoms with E-state index in [4.69, 9.17) is 10.5 Å². The number of ether oxygens (including phenoxy) is 1. The standard InChI is InChI=1S/C14H21NO/c1-16-8-7-11-9-13(14(15)10-11)12-5-3-2-4-6-12/h2-6,11,13-14H,7-10,15H2,1H3/t11?,13-,14+/m0/s1. The first-order valence-electron chi connectivity index (χ1n) is 6.10. The highest BCUT2D eigenvalue weighted by Gasteiger charge is 2.32. The van der Waals surface area contributed by atoms with Crippen LogP contribution in [0.3, 0.4) is 0 Å². The van der Waals surface area contributed by atoms with Crippen molar-refractivity contribution in [1.29, 1.82) is 0 Å². The highest BCUT2D eigenvalue weighted by Crippen LogP contribution is 2.38. The van der Waals surface area contributed by atoms with Crippen molar-refractivity contribution in [3.05, 3.63) is 35.9 Å².